The molecule has 0 bridgehead atoms. The van der Waals surface area contributed by atoms with Crippen molar-refractivity contribution >= 4 is 68.1 Å². The van der Waals surface area contributed by atoms with E-state index in [0.29, 0.717) is 41.7 Å². The number of imide groups is 1. The predicted octanol–water partition coefficient (Wildman–Crippen LogP) is 5.57. The Balaban J connectivity index is 1.49. The molecule has 202 valence electrons. The molecule has 1 aliphatic rings. The van der Waals surface area contributed by atoms with Crippen LogP contribution in [0, 0.1) is 3.57 Å². The van der Waals surface area contributed by atoms with Crippen LogP contribution in [0.25, 0.3) is 6.08 Å². The molecule has 0 atom stereocenters. The number of carbonyl (C=O) groups is 3. The van der Waals surface area contributed by atoms with E-state index in [-0.39, 0.29) is 5.70 Å². The standard InChI is InChI=1S/C28H25BrIN3O6/c1-3-38-24-14-18(12-20(30)26(24)39-16-17-8-10-19(29)11-9-17)13-22-27(35)33(28(36)32-22)15-25(34)31-21-6-4-5-7-23(21)37-2/h4-14H,3,15-16H2,1-2H3,(H,31,34)(H,32,36)/b22-13+. The van der Waals surface area contributed by atoms with E-state index in [1.54, 1.807) is 36.4 Å². The molecule has 9 nitrogen and oxygen atoms in total. The summed E-state index contributed by atoms with van der Waals surface area (Å²) in [5.41, 5.74) is 2.11. The van der Waals surface area contributed by atoms with Gasteiger partial charge >= 0.3 is 6.03 Å². The van der Waals surface area contributed by atoms with E-state index in [9.17, 15) is 14.4 Å². The number of hydrogen-bond acceptors (Lipinski definition) is 6. The molecule has 1 fully saturated rings. The van der Waals surface area contributed by atoms with E-state index >= 15 is 0 Å². The molecule has 11 heteroatoms. The molecule has 0 unspecified atom stereocenters. The highest BCUT2D eigenvalue weighted by atomic mass is 127. The fourth-order valence-electron chi connectivity index (χ4n) is 3.77. The molecule has 3 aromatic carbocycles. The Morgan fingerprint density at radius 1 is 1.08 bits per heavy atom. The van der Waals surface area contributed by atoms with Crippen LogP contribution in [0.2, 0.25) is 0 Å². The Morgan fingerprint density at radius 2 is 1.82 bits per heavy atom. The van der Waals surface area contributed by atoms with E-state index in [1.807, 2.05) is 37.3 Å². The molecule has 1 saturated heterocycles. The highest BCUT2D eigenvalue weighted by Crippen LogP contribution is 2.36. The fourth-order valence-corrected chi connectivity index (χ4v) is 4.82. The molecule has 0 aliphatic carbocycles. The summed E-state index contributed by atoms with van der Waals surface area (Å²) in [6.45, 7) is 2.18. The van der Waals surface area contributed by atoms with Crippen molar-refractivity contribution in [2.45, 2.75) is 13.5 Å². The summed E-state index contributed by atoms with van der Waals surface area (Å²) < 4.78 is 18.9. The fraction of sp³-hybridized carbons (Fsp3) is 0.179. The number of carbonyl (C=O) groups excluding carboxylic acids is 3. The minimum atomic E-state index is -0.685. The molecule has 0 saturated carbocycles. The van der Waals surface area contributed by atoms with Gasteiger partial charge in [0.1, 0.15) is 24.6 Å². The molecule has 0 radical (unpaired) electrons. The van der Waals surface area contributed by atoms with Crippen LogP contribution < -0.4 is 24.8 Å². The molecule has 1 heterocycles. The summed E-state index contributed by atoms with van der Waals surface area (Å²) >= 11 is 5.57. The van der Waals surface area contributed by atoms with Gasteiger partial charge in [0.05, 0.1) is 23.0 Å². The summed E-state index contributed by atoms with van der Waals surface area (Å²) in [7, 11) is 1.48. The van der Waals surface area contributed by atoms with E-state index < -0.39 is 24.4 Å². The first kappa shape index (κ1) is 28.4. The Hall–Kier alpha value is -3.58. The number of anilines is 1. The number of ether oxygens (including phenoxy) is 3. The lowest BCUT2D eigenvalue weighted by Crippen LogP contribution is -2.38. The van der Waals surface area contributed by atoms with Gasteiger partial charge in [-0.15, -0.1) is 0 Å². The van der Waals surface area contributed by atoms with Gasteiger partial charge in [-0.3, -0.25) is 9.59 Å². The van der Waals surface area contributed by atoms with E-state index in [0.717, 1.165) is 18.5 Å². The average Bonchev–Trinajstić information content (AvgIpc) is 3.16. The normalized spacial score (nSPS) is 13.8. The molecule has 4 amide bonds. The van der Waals surface area contributed by atoms with Crippen LogP contribution in [0.1, 0.15) is 18.1 Å². The van der Waals surface area contributed by atoms with Crippen molar-refractivity contribution in [2.75, 3.05) is 25.6 Å². The predicted molar refractivity (Wildman–Crippen MR) is 159 cm³/mol. The van der Waals surface area contributed by atoms with Gasteiger partial charge in [0, 0.05) is 4.47 Å². The molecule has 3 aromatic rings. The van der Waals surface area contributed by atoms with Crippen LogP contribution in [0.5, 0.6) is 17.2 Å². The highest BCUT2D eigenvalue weighted by Gasteiger charge is 2.35. The van der Waals surface area contributed by atoms with Crippen LogP contribution in [-0.4, -0.2) is 43.0 Å². The molecular weight excluding hydrogens is 681 g/mol. The summed E-state index contributed by atoms with van der Waals surface area (Å²) in [6, 6.07) is 17.6. The second-order valence-electron chi connectivity index (χ2n) is 8.31. The van der Waals surface area contributed by atoms with Gasteiger partial charge in [-0.05, 0) is 83.1 Å². The van der Waals surface area contributed by atoms with Crippen LogP contribution in [0.15, 0.2) is 70.8 Å². The SMILES string of the molecule is CCOc1cc(/C=C2/NC(=O)N(CC(=O)Nc3ccccc3OC)C2=O)cc(I)c1OCc1ccc(Br)cc1. The largest absolute Gasteiger partial charge is 0.495 e. The Bertz CT molecular complexity index is 1430. The number of methoxy groups -OCH3 is 1. The molecule has 2 N–H and O–H groups in total. The topological polar surface area (TPSA) is 106 Å². The van der Waals surface area contributed by atoms with Gasteiger partial charge in [-0.2, -0.15) is 0 Å². The third kappa shape index (κ3) is 7.09. The van der Waals surface area contributed by atoms with Crippen molar-refractivity contribution in [1.82, 2.24) is 10.2 Å². The van der Waals surface area contributed by atoms with E-state index in [4.69, 9.17) is 14.2 Å². The molecule has 0 spiro atoms. The Kier molecular flexibility index (Phi) is 9.46. The van der Waals surface area contributed by atoms with Crippen molar-refractivity contribution in [1.29, 1.82) is 0 Å². The van der Waals surface area contributed by atoms with Crippen molar-refractivity contribution in [3.8, 4) is 17.2 Å². The zero-order valence-corrected chi connectivity index (χ0v) is 24.9. The number of benzene rings is 3. The first-order valence-corrected chi connectivity index (χ1v) is 13.8. The molecule has 0 aromatic heterocycles. The van der Waals surface area contributed by atoms with Gasteiger partial charge in [0.2, 0.25) is 5.91 Å². The van der Waals surface area contributed by atoms with E-state index in [2.05, 4.69) is 49.2 Å². The number of rotatable bonds is 10. The van der Waals surface area contributed by atoms with Crippen LogP contribution in [-0.2, 0) is 16.2 Å². The van der Waals surface area contributed by atoms with Crippen LogP contribution >= 0.6 is 38.5 Å². The molecule has 1 aliphatic heterocycles. The number of amides is 4. The number of urea groups is 1. The summed E-state index contributed by atoms with van der Waals surface area (Å²) in [6.07, 6.45) is 1.54. The average molecular weight is 706 g/mol. The van der Waals surface area contributed by atoms with Crippen LogP contribution in [0.3, 0.4) is 0 Å². The zero-order chi connectivity index (χ0) is 27.9. The minimum Gasteiger partial charge on any atom is -0.495 e. The maximum atomic E-state index is 13.0. The lowest BCUT2D eigenvalue weighted by Gasteiger charge is -2.15. The van der Waals surface area contributed by atoms with Crippen LogP contribution in [0.4, 0.5) is 10.5 Å². The minimum absolute atomic E-state index is 0.0480. The second-order valence-corrected chi connectivity index (χ2v) is 10.4. The van der Waals surface area contributed by atoms with Crippen molar-refractivity contribution in [2.24, 2.45) is 0 Å². The van der Waals surface area contributed by atoms with E-state index in [1.165, 1.54) is 7.11 Å². The molecule has 4 rings (SSSR count). The molecule has 39 heavy (non-hydrogen) atoms. The Labute approximate surface area is 247 Å². The van der Waals surface area contributed by atoms with Crippen molar-refractivity contribution < 1.29 is 28.6 Å². The third-order valence-corrected chi connectivity index (χ3v) is 6.91. The number of nitrogens with one attached hydrogen (secondary N) is 2. The molecular formula is C28H25BrIN3O6. The van der Waals surface area contributed by atoms with Gasteiger partial charge in [0.25, 0.3) is 5.91 Å². The number of halogens is 2. The monoisotopic (exact) mass is 705 g/mol. The van der Waals surface area contributed by atoms with Gasteiger partial charge in [-0.1, -0.05) is 40.2 Å². The zero-order valence-electron chi connectivity index (χ0n) is 21.1. The third-order valence-electron chi connectivity index (χ3n) is 5.58. The van der Waals surface area contributed by atoms with Gasteiger partial charge < -0.3 is 24.8 Å². The van der Waals surface area contributed by atoms with Crippen molar-refractivity contribution in [3.63, 3.8) is 0 Å². The van der Waals surface area contributed by atoms with Crippen molar-refractivity contribution in [3.05, 3.63) is 85.5 Å². The maximum Gasteiger partial charge on any atom is 0.329 e. The summed E-state index contributed by atoms with van der Waals surface area (Å²) in [5.74, 6) is 0.410. The maximum absolute atomic E-state index is 13.0. The number of para-hydroxylation sites is 2. The first-order chi connectivity index (χ1) is 18.8. The lowest BCUT2D eigenvalue weighted by molar-refractivity contribution is -0.127. The van der Waals surface area contributed by atoms with Gasteiger partial charge in [0.15, 0.2) is 11.5 Å². The summed E-state index contributed by atoms with van der Waals surface area (Å²) in [5, 5.41) is 5.21. The quantitative estimate of drug-likeness (QED) is 0.162. The number of nitrogens with zero attached hydrogens (tertiary/aromatic N) is 1. The Morgan fingerprint density at radius 3 is 2.54 bits per heavy atom. The highest BCUT2D eigenvalue weighted by molar-refractivity contribution is 14.1. The van der Waals surface area contributed by atoms with Gasteiger partial charge in [-0.25, -0.2) is 9.69 Å². The lowest BCUT2D eigenvalue weighted by atomic mass is 10.1. The summed E-state index contributed by atoms with van der Waals surface area (Å²) in [4.78, 5) is 38.9. The number of hydrogen-bond donors (Lipinski definition) is 2. The second kappa shape index (κ2) is 13.0. The first-order valence-electron chi connectivity index (χ1n) is 11.9. The smallest absolute Gasteiger partial charge is 0.329 e.